The van der Waals surface area contributed by atoms with E-state index in [9.17, 15) is 0 Å². The smallest absolute Gasteiger partial charge is 0.287 e. The van der Waals surface area contributed by atoms with Gasteiger partial charge in [-0.2, -0.15) is 0 Å². The maximum atomic E-state index is 5.35. The summed E-state index contributed by atoms with van der Waals surface area (Å²) in [6.07, 6.45) is 0. The van der Waals surface area contributed by atoms with Crippen molar-refractivity contribution in [3.8, 4) is 11.5 Å². The van der Waals surface area contributed by atoms with Gasteiger partial charge in [-0.25, -0.2) is 0 Å². The molecule has 0 saturated carbocycles. The van der Waals surface area contributed by atoms with E-state index in [1.54, 1.807) is 0 Å². The van der Waals surface area contributed by atoms with Gasteiger partial charge in [-0.05, 0) is 12.1 Å². The molecule has 0 unspecified atom stereocenters. The molecule has 0 aliphatic carbocycles. The molecule has 1 heterocycles. The van der Waals surface area contributed by atoms with E-state index < -0.39 is 8.38 Å². The predicted molar refractivity (Wildman–Crippen MR) is 63.2 cm³/mol. The molecule has 1 aliphatic heterocycles. The molecule has 1 aliphatic rings. The molecule has 3 heteroatoms. The molecule has 2 nitrogen and oxygen atoms in total. The summed E-state index contributed by atoms with van der Waals surface area (Å²) in [5, 5.41) is 0. The Morgan fingerprint density at radius 1 is 0.857 bits per heavy atom. The van der Waals surface area contributed by atoms with Gasteiger partial charge in [-0.3, -0.25) is 0 Å². The maximum absolute atomic E-state index is 5.35. The zero-order chi connectivity index (χ0) is 11.0. The van der Waals surface area contributed by atoms with E-state index in [0.717, 1.165) is 11.5 Å². The fourth-order valence-corrected chi connectivity index (χ4v) is 1.79. The van der Waals surface area contributed by atoms with Crippen LogP contribution in [0.5, 0.6) is 11.5 Å². The van der Waals surface area contributed by atoms with Crippen LogP contribution in [0.1, 0.15) is 27.7 Å². The van der Waals surface area contributed by atoms with Gasteiger partial charge in [0.05, 0.1) is 0 Å². The molecule has 0 bridgehead atoms. The van der Waals surface area contributed by atoms with E-state index in [4.69, 9.17) is 9.05 Å². The predicted octanol–water partition coefficient (Wildman–Crippen LogP) is 4.45. The van der Waals surface area contributed by atoms with Crippen LogP contribution in [0.15, 0.2) is 24.3 Å². The number of rotatable bonds is 0. The lowest BCUT2D eigenvalue weighted by atomic mass is 10.3. The van der Waals surface area contributed by atoms with Crippen LogP contribution in [0.25, 0.3) is 0 Å². The van der Waals surface area contributed by atoms with Crippen molar-refractivity contribution in [1.82, 2.24) is 0 Å². The second-order valence-electron chi connectivity index (χ2n) is 2.07. The van der Waals surface area contributed by atoms with Crippen molar-refractivity contribution in [2.24, 2.45) is 0 Å². The number of benzene rings is 1. The first kappa shape index (κ1) is 13.2. The summed E-state index contributed by atoms with van der Waals surface area (Å²) in [4.78, 5) is 0. The quantitative estimate of drug-likeness (QED) is 0.594. The van der Waals surface area contributed by atoms with Crippen LogP contribution in [0.3, 0.4) is 0 Å². The third kappa shape index (κ3) is 3.55. The van der Waals surface area contributed by atoms with E-state index in [2.05, 4.69) is 0 Å². The lowest BCUT2D eigenvalue weighted by molar-refractivity contribution is 0.582. The third-order valence-electron chi connectivity index (χ3n) is 1.30. The Hall–Kier alpha value is -0.750. The highest BCUT2D eigenvalue weighted by Gasteiger charge is 2.19. The zero-order valence-corrected chi connectivity index (χ0v) is 10.5. The molecular formula is C11H19O2P. The minimum absolute atomic E-state index is 0.692. The van der Waals surface area contributed by atoms with E-state index >= 15 is 0 Å². The topological polar surface area (TPSA) is 18.5 Å². The fourth-order valence-electron chi connectivity index (χ4n) is 0.897. The van der Waals surface area contributed by atoms with Crippen molar-refractivity contribution in [1.29, 1.82) is 0 Å². The summed E-state index contributed by atoms with van der Waals surface area (Å²) >= 11 is 0. The Bertz CT molecular complexity index is 226. The molecule has 0 N–H and O–H groups in total. The van der Waals surface area contributed by atoms with Gasteiger partial charge in [0.1, 0.15) is 0 Å². The minimum atomic E-state index is -0.692. The Morgan fingerprint density at radius 3 is 1.57 bits per heavy atom. The van der Waals surface area contributed by atoms with Crippen molar-refractivity contribution >= 4 is 8.38 Å². The summed E-state index contributed by atoms with van der Waals surface area (Å²) in [7, 11) is -0.692. The maximum Gasteiger partial charge on any atom is 0.287 e. The largest absolute Gasteiger partial charge is 0.435 e. The van der Waals surface area contributed by atoms with Crippen LogP contribution >= 0.6 is 8.38 Å². The van der Waals surface area contributed by atoms with Gasteiger partial charge in [0.15, 0.2) is 11.5 Å². The highest BCUT2D eigenvalue weighted by atomic mass is 31.2. The molecule has 2 rings (SSSR count). The van der Waals surface area contributed by atoms with Crippen LogP contribution in [-0.2, 0) is 0 Å². The molecule has 0 radical (unpaired) electrons. The molecule has 14 heavy (non-hydrogen) atoms. The van der Waals surface area contributed by atoms with Crippen molar-refractivity contribution in [3.05, 3.63) is 24.3 Å². The Balaban J connectivity index is 0.000000379. The Labute approximate surface area is 88.2 Å². The minimum Gasteiger partial charge on any atom is -0.435 e. The normalized spacial score (nSPS) is 12.1. The molecule has 0 saturated heterocycles. The first-order valence-corrected chi connectivity index (χ1v) is 6.67. The first-order valence-electron chi connectivity index (χ1n) is 5.05. The Kier molecular flexibility index (Phi) is 7.23. The number of fused-ring (bicyclic) bond motifs is 1. The van der Waals surface area contributed by atoms with Crippen LogP contribution in [-0.4, -0.2) is 6.66 Å². The lowest BCUT2D eigenvalue weighted by Gasteiger charge is -1.97. The van der Waals surface area contributed by atoms with Gasteiger partial charge in [-0.1, -0.05) is 39.8 Å². The standard InChI is InChI=1S/C7H7O2P.2C2H6/c1-10-8-6-4-2-3-5-7(6)9-10;2*1-2/h2-5H,1H3;2*1-2H3. The molecule has 1 aromatic carbocycles. The van der Waals surface area contributed by atoms with Gasteiger partial charge < -0.3 is 9.05 Å². The van der Waals surface area contributed by atoms with Crippen LogP contribution in [0.4, 0.5) is 0 Å². The van der Waals surface area contributed by atoms with Crippen LogP contribution < -0.4 is 9.05 Å². The van der Waals surface area contributed by atoms with Crippen molar-refractivity contribution in [2.45, 2.75) is 27.7 Å². The van der Waals surface area contributed by atoms with E-state index in [0.29, 0.717) is 0 Å². The number of hydrogen-bond acceptors (Lipinski definition) is 2. The van der Waals surface area contributed by atoms with E-state index in [1.165, 1.54) is 0 Å². The summed E-state index contributed by atoms with van der Waals surface area (Å²) in [5.74, 6) is 1.74. The first-order chi connectivity index (χ1) is 6.86. The van der Waals surface area contributed by atoms with Crippen LogP contribution in [0.2, 0.25) is 0 Å². The van der Waals surface area contributed by atoms with Crippen molar-refractivity contribution < 1.29 is 9.05 Å². The van der Waals surface area contributed by atoms with E-state index in [1.807, 2.05) is 58.6 Å². The third-order valence-corrected chi connectivity index (χ3v) is 2.21. The van der Waals surface area contributed by atoms with Gasteiger partial charge in [-0.15, -0.1) is 0 Å². The summed E-state index contributed by atoms with van der Waals surface area (Å²) in [5.41, 5.74) is 0. The average molecular weight is 214 g/mol. The lowest BCUT2D eigenvalue weighted by Crippen LogP contribution is -1.78. The molecule has 0 amide bonds. The molecule has 80 valence electrons. The average Bonchev–Trinajstić information content (AvgIpc) is 2.64. The van der Waals surface area contributed by atoms with Crippen LogP contribution in [0, 0.1) is 0 Å². The van der Waals surface area contributed by atoms with Gasteiger partial charge in [0, 0.05) is 6.66 Å². The summed E-state index contributed by atoms with van der Waals surface area (Å²) in [6.45, 7) is 9.94. The van der Waals surface area contributed by atoms with Gasteiger partial charge >= 0.3 is 0 Å². The second kappa shape index (κ2) is 7.64. The van der Waals surface area contributed by atoms with Crippen molar-refractivity contribution in [3.63, 3.8) is 0 Å². The SMILES string of the molecule is CC.CC.CP1Oc2ccccc2O1. The number of para-hydroxylation sites is 2. The molecule has 0 fully saturated rings. The summed E-state index contributed by atoms with van der Waals surface area (Å²) < 4.78 is 10.7. The molecule has 0 spiro atoms. The second-order valence-corrected chi connectivity index (χ2v) is 3.31. The fraction of sp³-hybridized carbons (Fsp3) is 0.455. The summed E-state index contributed by atoms with van der Waals surface area (Å²) in [6, 6.07) is 7.72. The molecule has 0 aromatic heterocycles. The number of hydrogen-bond donors (Lipinski definition) is 0. The van der Waals surface area contributed by atoms with Crippen molar-refractivity contribution in [2.75, 3.05) is 6.66 Å². The monoisotopic (exact) mass is 214 g/mol. The molecule has 0 atom stereocenters. The van der Waals surface area contributed by atoms with Gasteiger partial charge in [0.25, 0.3) is 8.38 Å². The van der Waals surface area contributed by atoms with Gasteiger partial charge in [0.2, 0.25) is 0 Å². The highest BCUT2D eigenvalue weighted by molar-refractivity contribution is 7.47. The Morgan fingerprint density at radius 2 is 1.21 bits per heavy atom. The molecule has 1 aromatic rings. The molecular weight excluding hydrogens is 195 g/mol. The highest BCUT2D eigenvalue weighted by Crippen LogP contribution is 2.49. The zero-order valence-electron chi connectivity index (χ0n) is 9.57. The van der Waals surface area contributed by atoms with E-state index in [-0.39, 0.29) is 0 Å².